The minimum atomic E-state index is -0.220. The highest BCUT2D eigenvalue weighted by molar-refractivity contribution is 6.30. The van der Waals surface area contributed by atoms with Crippen molar-refractivity contribution in [1.82, 2.24) is 4.98 Å². The lowest BCUT2D eigenvalue weighted by molar-refractivity contribution is 0.102. The van der Waals surface area contributed by atoms with Gasteiger partial charge in [0.15, 0.2) is 0 Å². The van der Waals surface area contributed by atoms with Crippen molar-refractivity contribution < 1.29 is 4.79 Å². The summed E-state index contributed by atoms with van der Waals surface area (Å²) in [5.74, 6) is 0.714. The van der Waals surface area contributed by atoms with E-state index < -0.39 is 0 Å². The fourth-order valence-electron chi connectivity index (χ4n) is 2.69. The Morgan fingerprint density at radius 3 is 2.52 bits per heavy atom. The number of amides is 1. The lowest BCUT2D eigenvalue weighted by Gasteiger charge is -2.13. The predicted molar refractivity (Wildman–Crippen MR) is 112 cm³/mol. The molecule has 0 spiro atoms. The summed E-state index contributed by atoms with van der Waals surface area (Å²) >= 11 is 6.09. The van der Waals surface area contributed by atoms with Crippen LogP contribution in [0, 0.1) is 6.92 Å². The Hall–Kier alpha value is -2.85. The first-order chi connectivity index (χ1) is 12.9. The van der Waals surface area contributed by atoms with Crippen molar-refractivity contribution in [3.63, 3.8) is 0 Å². The van der Waals surface area contributed by atoms with Crippen LogP contribution in [-0.2, 0) is 0 Å². The van der Waals surface area contributed by atoms with Gasteiger partial charge in [0.1, 0.15) is 5.82 Å². The Labute approximate surface area is 164 Å². The third-order valence-corrected chi connectivity index (χ3v) is 4.58. The van der Waals surface area contributed by atoms with Gasteiger partial charge in [-0.05, 0) is 60.4 Å². The molecule has 0 unspecified atom stereocenters. The van der Waals surface area contributed by atoms with E-state index in [1.54, 1.807) is 18.3 Å². The Bertz CT molecular complexity index is 952. The molecule has 0 atom stereocenters. The second-order valence-electron chi connectivity index (χ2n) is 6.71. The molecule has 2 aromatic carbocycles. The number of halogens is 1. The average Bonchev–Trinajstić information content (AvgIpc) is 2.65. The Morgan fingerprint density at radius 1 is 1.07 bits per heavy atom. The van der Waals surface area contributed by atoms with Gasteiger partial charge in [-0.3, -0.25) is 4.79 Å². The number of pyridine rings is 1. The molecule has 0 saturated heterocycles. The van der Waals surface area contributed by atoms with E-state index in [0.717, 1.165) is 16.9 Å². The molecule has 0 radical (unpaired) electrons. The quantitative estimate of drug-likeness (QED) is 0.557. The normalized spacial score (nSPS) is 10.7. The molecule has 3 aromatic rings. The van der Waals surface area contributed by atoms with E-state index in [0.29, 0.717) is 22.3 Å². The first-order valence-electron chi connectivity index (χ1n) is 8.83. The number of nitrogens with one attached hydrogen (secondary N) is 2. The van der Waals surface area contributed by atoms with E-state index in [1.165, 1.54) is 5.56 Å². The van der Waals surface area contributed by atoms with Crippen LogP contribution < -0.4 is 10.6 Å². The minimum Gasteiger partial charge on any atom is -0.339 e. The van der Waals surface area contributed by atoms with Crippen LogP contribution in [0.5, 0.6) is 0 Å². The Morgan fingerprint density at radius 2 is 1.81 bits per heavy atom. The van der Waals surface area contributed by atoms with Crippen molar-refractivity contribution >= 4 is 34.7 Å². The highest BCUT2D eigenvalue weighted by Crippen LogP contribution is 2.25. The van der Waals surface area contributed by atoms with Crippen LogP contribution >= 0.6 is 11.6 Å². The summed E-state index contributed by atoms with van der Waals surface area (Å²) in [6, 6.07) is 16.9. The van der Waals surface area contributed by atoms with Crippen molar-refractivity contribution in [2.45, 2.75) is 26.7 Å². The maximum atomic E-state index is 12.8. The molecule has 1 heterocycles. The van der Waals surface area contributed by atoms with Crippen molar-refractivity contribution in [2.24, 2.45) is 0 Å². The lowest BCUT2D eigenvalue weighted by atomic mass is 10.0. The van der Waals surface area contributed by atoms with E-state index in [9.17, 15) is 4.79 Å². The molecule has 3 rings (SSSR count). The van der Waals surface area contributed by atoms with Crippen LogP contribution in [0.15, 0.2) is 60.8 Å². The summed E-state index contributed by atoms with van der Waals surface area (Å²) in [4.78, 5) is 17.1. The summed E-state index contributed by atoms with van der Waals surface area (Å²) in [6.07, 6.45) is 1.65. The molecule has 1 aromatic heterocycles. The monoisotopic (exact) mass is 379 g/mol. The van der Waals surface area contributed by atoms with Gasteiger partial charge >= 0.3 is 0 Å². The average molecular weight is 380 g/mol. The standard InChI is InChI=1S/C22H22ClN3O/c1-14(2)16-7-10-18(11-8-16)25-22(27)19-5-4-12-24-21(19)26-20-13-17(23)9-6-15(20)3/h4-14H,1-3H3,(H,24,26)(H,25,27). The molecule has 1 amide bonds. The summed E-state index contributed by atoms with van der Waals surface area (Å²) in [5, 5.41) is 6.77. The number of hydrogen-bond donors (Lipinski definition) is 2. The van der Waals surface area contributed by atoms with E-state index >= 15 is 0 Å². The zero-order valence-electron chi connectivity index (χ0n) is 15.6. The molecule has 0 bridgehead atoms. The zero-order chi connectivity index (χ0) is 19.4. The third-order valence-electron chi connectivity index (χ3n) is 4.34. The number of benzene rings is 2. The number of anilines is 3. The predicted octanol–water partition coefficient (Wildman–Crippen LogP) is 6.16. The van der Waals surface area contributed by atoms with Crippen LogP contribution in [0.2, 0.25) is 5.02 Å². The van der Waals surface area contributed by atoms with Crippen LogP contribution in [0.3, 0.4) is 0 Å². The highest BCUT2D eigenvalue weighted by Gasteiger charge is 2.14. The molecule has 0 fully saturated rings. The van der Waals surface area contributed by atoms with Crippen molar-refractivity contribution in [1.29, 1.82) is 0 Å². The number of rotatable bonds is 5. The van der Waals surface area contributed by atoms with Crippen LogP contribution in [0.4, 0.5) is 17.2 Å². The maximum Gasteiger partial charge on any atom is 0.259 e. The molecule has 4 nitrogen and oxygen atoms in total. The first-order valence-corrected chi connectivity index (χ1v) is 9.21. The fourth-order valence-corrected chi connectivity index (χ4v) is 2.87. The summed E-state index contributed by atoms with van der Waals surface area (Å²) in [6.45, 7) is 6.25. The number of hydrogen-bond acceptors (Lipinski definition) is 3. The largest absolute Gasteiger partial charge is 0.339 e. The van der Waals surface area contributed by atoms with Gasteiger partial charge in [0.2, 0.25) is 0 Å². The van der Waals surface area contributed by atoms with Crippen LogP contribution in [0.1, 0.15) is 41.3 Å². The molecule has 0 aliphatic heterocycles. The van der Waals surface area contributed by atoms with Crippen LogP contribution in [0.25, 0.3) is 0 Å². The second kappa shape index (κ2) is 8.23. The number of aromatic nitrogens is 1. The Balaban J connectivity index is 1.82. The number of nitrogens with zero attached hydrogens (tertiary/aromatic N) is 1. The number of carbonyl (C=O) groups excluding carboxylic acids is 1. The summed E-state index contributed by atoms with van der Waals surface area (Å²) < 4.78 is 0. The smallest absolute Gasteiger partial charge is 0.259 e. The fraction of sp³-hybridized carbons (Fsp3) is 0.182. The molecule has 5 heteroatoms. The van der Waals surface area contributed by atoms with Crippen molar-refractivity contribution in [3.8, 4) is 0 Å². The van der Waals surface area contributed by atoms with E-state index in [2.05, 4.69) is 29.5 Å². The molecule has 27 heavy (non-hydrogen) atoms. The molecule has 0 saturated carbocycles. The van der Waals surface area contributed by atoms with Gasteiger partial charge in [0, 0.05) is 22.6 Å². The molecule has 0 aliphatic carbocycles. The van der Waals surface area contributed by atoms with Gasteiger partial charge in [0.05, 0.1) is 5.56 Å². The summed E-state index contributed by atoms with van der Waals surface area (Å²) in [7, 11) is 0. The van der Waals surface area contributed by atoms with Crippen LogP contribution in [-0.4, -0.2) is 10.9 Å². The van der Waals surface area contributed by atoms with E-state index in [1.807, 2.05) is 49.4 Å². The van der Waals surface area contributed by atoms with Gasteiger partial charge in [-0.25, -0.2) is 4.98 Å². The van der Waals surface area contributed by atoms with Crippen molar-refractivity contribution in [3.05, 3.63) is 82.5 Å². The van der Waals surface area contributed by atoms with E-state index in [-0.39, 0.29) is 5.91 Å². The van der Waals surface area contributed by atoms with Crippen molar-refractivity contribution in [2.75, 3.05) is 10.6 Å². The Kier molecular flexibility index (Phi) is 5.77. The zero-order valence-corrected chi connectivity index (χ0v) is 16.3. The van der Waals surface area contributed by atoms with Gasteiger partial charge < -0.3 is 10.6 Å². The van der Waals surface area contributed by atoms with Gasteiger partial charge in [-0.15, -0.1) is 0 Å². The van der Waals surface area contributed by atoms with Gasteiger partial charge in [-0.1, -0.05) is 43.6 Å². The van der Waals surface area contributed by atoms with Gasteiger partial charge in [0.25, 0.3) is 5.91 Å². The SMILES string of the molecule is Cc1ccc(Cl)cc1Nc1ncccc1C(=O)Nc1ccc(C(C)C)cc1. The second-order valence-corrected chi connectivity index (χ2v) is 7.15. The minimum absolute atomic E-state index is 0.220. The topological polar surface area (TPSA) is 54.0 Å². The molecular weight excluding hydrogens is 358 g/mol. The van der Waals surface area contributed by atoms with E-state index in [4.69, 9.17) is 11.6 Å². The maximum absolute atomic E-state index is 12.8. The van der Waals surface area contributed by atoms with Gasteiger partial charge in [-0.2, -0.15) is 0 Å². The molecular formula is C22H22ClN3O. The number of aryl methyl sites for hydroxylation is 1. The first kappa shape index (κ1) is 18.9. The third kappa shape index (κ3) is 4.66. The molecule has 138 valence electrons. The highest BCUT2D eigenvalue weighted by atomic mass is 35.5. The number of carbonyl (C=O) groups is 1. The summed E-state index contributed by atoms with van der Waals surface area (Å²) in [5.41, 5.74) is 4.27. The molecule has 2 N–H and O–H groups in total. The lowest BCUT2D eigenvalue weighted by Crippen LogP contribution is -2.14. The molecule has 0 aliphatic rings.